The number of carbonyl (C=O) groups is 2. The molecule has 0 N–H and O–H groups in total. The van der Waals surface area contributed by atoms with Crippen molar-refractivity contribution in [3.8, 4) is 0 Å². The van der Waals surface area contributed by atoms with Gasteiger partial charge >= 0.3 is 240 Å². The molecule has 6 atom stereocenters. The molecule has 0 aromatic heterocycles. The fourth-order valence-corrected chi connectivity index (χ4v) is 12.9. The summed E-state index contributed by atoms with van der Waals surface area (Å²) >= 11 is -2.96. The van der Waals surface area contributed by atoms with Gasteiger partial charge in [-0.2, -0.15) is 0 Å². The van der Waals surface area contributed by atoms with Gasteiger partial charge in [-0.05, 0) is 0 Å². The number of rotatable bonds is 4. The SMILES string of the molecule is CC1=CC[C@H]2C3=C4[C@]([Se](=O)c5ccccc5)(CC[C@H](O[Si](C)(C)C(C)(C)C)[C@@]4(C)CC(=O)[C@@H]1C2(C)C)C(=O)O3. The molecule has 0 saturated heterocycles. The van der Waals surface area contributed by atoms with Crippen LogP contribution < -0.4 is 4.46 Å². The zero-order valence-electron chi connectivity index (χ0n) is 25.0. The molecule has 1 aliphatic heterocycles. The van der Waals surface area contributed by atoms with E-state index in [1.54, 1.807) is 0 Å². The number of Topliss-reactive ketones (excluding diaryl/α,β-unsaturated/α-hetero) is 1. The van der Waals surface area contributed by atoms with E-state index in [4.69, 9.17) is 9.16 Å². The van der Waals surface area contributed by atoms with Gasteiger partial charge in [-0.3, -0.25) is 0 Å². The molecule has 5 nitrogen and oxygen atoms in total. The Bertz CT molecular complexity index is 1300. The van der Waals surface area contributed by atoms with Crippen molar-refractivity contribution in [3.63, 3.8) is 0 Å². The third-order valence-corrected chi connectivity index (χ3v) is 19.2. The summed E-state index contributed by atoms with van der Waals surface area (Å²) in [6.07, 6.45) is 3.84. The predicted octanol–water partition coefficient (Wildman–Crippen LogP) is 6.64. The Kier molecular flexibility index (Phi) is 6.78. The predicted molar refractivity (Wildman–Crippen MR) is 156 cm³/mol. The number of benzene rings is 1. The Morgan fingerprint density at radius 1 is 1.08 bits per heavy atom. The van der Waals surface area contributed by atoms with Crippen molar-refractivity contribution >= 4 is 38.4 Å². The fourth-order valence-electron chi connectivity index (χ4n) is 7.58. The van der Waals surface area contributed by atoms with Crippen LogP contribution in [0.25, 0.3) is 0 Å². The van der Waals surface area contributed by atoms with Crippen molar-refractivity contribution in [2.75, 3.05) is 0 Å². The van der Waals surface area contributed by atoms with E-state index in [1.165, 1.54) is 0 Å². The first-order chi connectivity index (χ1) is 18.0. The number of hydrogen-bond acceptors (Lipinski definition) is 5. The molecule has 1 heterocycles. The molecule has 1 saturated carbocycles. The summed E-state index contributed by atoms with van der Waals surface area (Å²) in [6, 6.07) is 9.40. The van der Waals surface area contributed by atoms with E-state index in [9.17, 15) is 13.4 Å². The zero-order valence-corrected chi connectivity index (χ0v) is 27.7. The normalized spacial score (nSPS) is 35.0. The second kappa shape index (κ2) is 9.17. The number of fused-ring (bicyclic) bond motifs is 3. The van der Waals surface area contributed by atoms with E-state index >= 15 is 0 Å². The summed E-state index contributed by atoms with van der Waals surface area (Å²) in [4.78, 5) is 28.5. The molecule has 0 spiro atoms. The monoisotopic (exact) mass is 616 g/mol. The van der Waals surface area contributed by atoms with Gasteiger partial charge < -0.3 is 0 Å². The van der Waals surface area contributed by atoms with Crippen molar-refractivity contribution in [2.45, 2.75) is 103 Å². The van der Waals surface area contributed by atoms with Crippen molar-refractivity contribution in [3.05, 3.63) is 53.3 Å². The van der Waals surface area contributed by atoms with Crippen molar-refractivity contribution in [1.82, 2.24) is 0 Å². The van der Waals surface area contributed by atoms with Gasteiger partial charge in [-0.1, -0.05) is 0 Å². The van der Waals surface area contributed by atoms with Crippen molar-refractivity contribution < 1.29 is 22.6 Å². The van der Waals surface area contributed by atoms with E-state index < -0.39 is 37.3 Å². The third kappa shape index (κ3) is 4.09. The first kappa shape index (κ1) is 28.9. The maximum atomic E-state index is 14.6. The molecule has 7 heteroatoms. The molecule has 212 valence electrons. The van der Waals surface area contributed by atoms with Crippen LogP contribution in [0, 0.1) is 22.7 Å². The summed E-state index contributed by atoms with van der Waals surface area (Å²) < 4.78 is 27.6. The molecule has 3 aliphatic carbocycles. The van der Waals surface area contributed by atoms with Gasteiger partial charge in [0.2, 0.25) is 0 Å². The van der Waals surface area contributed by atoms with Gasteiger partial charge in [-0.25, -0.2) is 0 Å². The number of ketones is 1. The second-order valence-electron chi connectivity index (χ2n) is 14.5. The van der Waals surface area contributed by atoms with Crippen molar-refractivity contribution in [2.24, 2.45) is 22.7 Å². The van der Waals surface area contributed by atoms with Crippen LogP contribution in [-0.4, -0.2) is 40.0 Å². The van der Waals surface area contributed by atoms with Gasteiger partial charge in [0.1, 0.15) is 0 Å². The summed E-state index contributed by atoms with van der Waals surface area (Å²) in [5.74, 6) is 0.0871. The standard InChI is InChI=1S/C32H44O5SeSi/c1-20-15-16-22-26-27-31(7,19-23(33)25(20)30(22,5)6)24(37-39(8,9)29(2,3)4)17-18-32(27,28(34)36-26)38(35)21-13-11-10-12-14-21/h10-15,22,24-25H,16-19H2,1-9H3/t22-,24-,25+,31+,32+,38?/m0/s1. The summed E-state index contributed by atoms with van der Waals surface area (Å²) in [5.41, 5.74) is 0.713. The number of ether oxygens (including phenoxy) is 1. The van der Waals surface area contributed by atoms with Crippen LogP contribution >= 0.6 is 0 Å². The fraction of sp³-hybridized carbons (Fsp3) is 0.625. The molecule has 4 aliphatic rings. The molecule has 1 aromatic carbocycles. The topological polar surface area (TPSA) is 69.7 Å². The molecule has 0 radical (unpaired) electrons. The quantitative estimate of drug-likeness (QED) is 0.216. The Labute approximate surface area is 239 Å². The Morgan fingerprint density at radius 3 is 2.33 bits per heavy atom. The Hall–Kier alpha value is -1.66. The third-order valence-electron chi connectivity index (χ3n) is 10.7. The first-order valence-corrected chi connectivity index (χ1v) is 19.6. The number of allylic oxidation sites excluding steroid dienone is 3. The second-order valence-corrected chi connectivity index (χ2v) is 22.8. The summed E-state index contributed by atoms with van der Waals surface area (Å²) in [5, 5.41) is -0.0143. The minimum absolute atomic E-state index is 0.0143. The first-order valence-electron chi connectivity index (χ1n) is 14.3. The van der Waals surface area contributed by atoms with Crippen LogP contribution in [0.3, 0.4) is 0 Å². The van der Waals surface area contributed by atoms with Crippen LogP contribution in [0.15, 0.2) is 53.3 Å². The number of hydrogen-bond donors (Lipinski definition) is 0. The van der Waals surface area contributed by atoms with E-state index in [2.05, 4.69) is 67.6 Å². The molecule has 2 bridgehead atoms. The average Bonchev–Trinajstić information content (AvgIpc) is 3.13. The maximum absolute atomic E-state index is 14.6. The van der Waals surface area contributed by atoms with Gasteiger partial charge in [0, 0.05) is 0 Å². The number of carbonyl (C=O) groups excluding carboxylic acids is 2. The molecule has 1 aromatic rings. The van der Waals surface area contributed by atoms with Crippen LogP contribution in [0.5, 0.6) is 0 Å². The van der Waals surface area contributed by atoms with Crippen molar-refractivity contribution in [1.29, 1.82) is 0 Å². The molecule has 1 fully saturated rings. The molecule has 39 heavy (non-hydrogen) atoms. The van der Waals surface area contributed by atoms with E-state index in [-0.39, 0.29) is 41.2 Å². The minimum atomic E-state index is -2.96. The van der Waals surface area contributed by atoms with E-state index in [0.29, 0.717) is 29.5 Å². The zero-order chi connectivity index (χ0) is 28.8. The van der Waals surface area contributed by atoms with E-state index in [1.807, 2.05) is 30.3 Å². The number of esters is 1. The molecular weight excluding hydrogens is 571 g/mol. The van der Waals surface area contributed by atoms with Gasteiger partial charge in [-0.15, -0.1) is 0 Å². The molecular formula is C32H44O5SeSi. The Balaban J connectivity index is 1.78. The molecule has 1 unspecified atom stereocenters. The average molecular weight is 616 g/mol. The van der Waals surface area contributed by atoms with Gasteiger partial charge in [0.25, 0.3) is 0 Å². The van der Waals surface area contributed by atoms with Crippen LogP contribution in [0.2, 0.25) is 22.4 Å². The van der Waals surface area contributed by atoms with Gasteiger partial charge in [0.05, 0.1) is 0 Å². The van der Waals surface area contributed by atoms with Crippen LogP contribution in [0.1, 0.15) is 74.1 Å². The summed E-state index contributed by atoms with van der Waals surface area (Å²) in [7, 11) is -2.23. The summed E-state index contributed by atoms with van der Waals surface area (Å²) in [6.45, 7) is 19.6. The molecule has 0 amide bonds. The van der Waals surface area contributed by atoms with Crippen LogP contribution in [-0.2, 0) is 22.6 Å². The van der Waals surface area contributed by atoms with Crippen LogP contribution in [0.4, 0.5) is 0 Å². The van der Waals surface area contributed by atoms with E-state index in [0.717, 1.165) is 11.1 Å². The Morgan fingerprint density at radius 2 is 1.72 bits per heavy atom. The molecule has 5 rings (SSSR count). The van der Waals surface area contributed by atoms with Gasteiger partial charge in [0.15, 0.2) is 0 Å².